The van der Waals surface area contributed by atoms with E-state index in [1.54, 1.807) is 14.2 Å². The molecule has 1 fully saturated rings. The molecule has 164 valence electrons. The number of hydrogen-bond donors (Lipinski definition) is 2. The number of benzene rings is 1. The fourth-order valence-corrected chi connectivity index (χ4v) is 3.29. The van der Waals surface area contributed by atoms with E-state index in [1.807, 2.05) is 25.1 Å². The highest BCUT2D eigenvalue weighted by Crippen LogP contribution is 2.22. The molecular formula is C20H31F3N4O2. The van der Waals surface area contributed by atoms with Crippen LogP contribution in [0.25, 0.3) is 0 Å². The highest BCUT2D eigenvalue weighted by Gasteiger charge is 2.34. The first-order valence-corrected chi connectivity index (χ1v) is 9.75. The van der Waals surface area contributed by atoms with Gasteiger partial charge >= 0.3 is 6.18 Å². The minimum atomic E-state index is -4.14. The maximum Gasteiger partial charge on any atom is 0.401 e. The van der Waals surface area contributed by atoms with Crippen molar-refractivity contribution in [3.63, 3.8) is 0 Å². The van der Waals surface area contributed by atoms with Crippen LogP contribution < -0.4 is 15.4 Å². The van der Waals surface area contributed by atoms with Crippen LogP contribution in [0.15, 0.2) is 23.2 Å². The Labute approximate surface area is 170 Å². The average molecular weight is 416 g/mol. The highest BCUT2D eigenvalue weighted by atomic mass is 19.4. The fraction of sp³-hybridized carbons (Fsp3) is 0.650. The number of halogens is 3. The van der Waals surface area contributed by atoms with Crippen molar-refractivity contribution >= 4 is 5.96 Å². The number of aliphatic imine (C=N–C) groups is 1. The Morgan fingerprint density at radius 1 is 1.28 bits per heavy atom. The third-order valence-corrected chi connectivity index (χ3v) is 4.77. The molecule has 2 rings (SSSR count). The van der Waals surface area contributed by atoms with E-state index in [2.05, 4.69) is 15.6 Å². The number of alkyl halides is 3. The summed E-state index contributed by atoms with van der Waals surface area (Å²) in [5, 5.41) is 6.46. The van der Waals surface area contributed by atoms with E-state index < -0.39 is 12.7 Å². The Hall–Kier alpha value is -2.00. The summed E-state index contributed by atoms with van der Waals surface area (Å²) in [7, 11) is 3.30. The summed E-state index contributed by atoms with van der Waals surface area (Å²) in [5.41, 5.74) is 2.10. The summed E-state index contributed by atoms with van der Waals surface area (Å²) in [6.45, 7) is 4.17. The molecule has 1 aromatic rings. The van der Waals surface area contributed by atoms with Gasteiger partial charge in [0.05, 0.1) is 13.2 Å². The van der Waals surface area contributed by atoms with Gasteiger partial charge in [0, 0.05) is 39.4 Å². The van der Waals surface area contributed by atoms with Crippen molar-refractivity contribution in [1.29, 1.82) is 0 Å². The average Bonchev–Trinajstić information content (AvgIpc) is 3.09. The zero-order valence-corrected chi connectivity index (χ0v) is 17.3. The van der Waals surface area contributed by atoms with Crippen molar-refractivity contribution in [2.45, 2.75) is 26.1 Å². The van der Waals surface area contributed by atoms with Crippen LogP contribution in [-0.4, -0.2) is 70.6 Å². The van der Waals surface area contributed by atoms with Gasteiger partial charge in [0.2, 0.25) is 0 Å². The van der Waals surface area contributed by atoms with Crippen LogP contribution in [0.4, 0.5) is 13.2 Å². The van der Waals surface area contributed by atoms with Crippen molar-refractivity contribution in [1.82, 2.24) is 15.5 Å². The van der Waals surface area contributed by atoms with Gasteiger partial charge in [-0.2, -0.15) is 13.2 Å². The lowest BCUT2D eigenvalue weighted by Crippen LogP contribution is -2.40. The SMILES string of the molecule is CN=C(NCc1ccc(C)cc1OCCOC)NCC1CCN(CC(F)(F)F)C1. The Bertz CT molecular complexity index is 668. The van der Waals surface area contributed by atoms with Gasteiger partial charge in [0.1, 0.15) is 12.4 Å². The van der Waals surface area contributed by atoms with Crippen LogP contribution >= 0.6 is 0 Å². The van der Waals surface area contributed by atoms with Crippen LogP contribution in [0.2, 0.25) is 0 Å². The minimum absolute atomic E-state index is 0.170. The third kappa shape index (κ3) is 8.49. The Morgan fingerprint density at radius 2 is 2.07 bits per heavy atom. The van der Waals surface area contributed by atoms with Gasteiger partial charge in [-0.05, 0) is 37.4 Å². The molecule has 1 aromatic carbocycles. The van der Waals surface area contributed by atoms with E-state index >= 15 is 0 Å². The molecular weight excluding hydrogens is 385 g/mol. The largest absolute Gasteiger partial charge is 0.491 e. The molecule has 1 heterocycles. The van der Waals surface area contributed by atoms with Crippen molar-refractivity contribution in [3.05, 3.63) is 29.3 Å². The fourth-order valence-electron chi connectivity index (χ4n) is 3.29. The van der Waals surface area contributed by atoms with Gasteiger partial charge in [-0.3, -0.25) is 9.89 Å². The second kappa shape index (κ2) is 11.3. The van der Waals surface area contributed by atoms with E-state index in [1.165, 1.54) is 4.90 Å². The molecule has 6 nitrogen and oxygen atoms in total. The third-order valence-electron chi connectivity index (χ3n) is 4.77. The van der Waals surface area contributed by atoms with E-state index in [9.17, 15) is 13.2 Å². The van der Waals surface area contributed by atoms with Gasteiger partial charge in [0.15, 0.2) is 5.96 Å². The molecule has 0 spiro atoms. The number of ether oxygens (including phenoxy) is 2. The number of nitrogens with one attached hydrogen (secondary N) is 2. The number of rotatable bonds is 9. The second-order valence-corrected chi connectivity index (χ2v) is 7.26. The first-order chi connectivity index (χ1) is 13.8. The van der Waals surface area contributed by atoms with Crippen molar-refractivity contribution in [2.75, 3.05) is 53.6 Å². The Kier molecular flexibility index (Phi) is 9.03. The number of guanidine groups is 1. The maximum absolute atomic E-state index is 12.5. The van der Waals surface area contributed by atoms with Gasteiger partial charge in [0.25, 0.3) is 0 Å². The molecule has 1 aliphatic rings. The summed E-state index contributed by atoms with van der Waals surface area (Å²) in [6, 6.07) is 6.00. The summed E-state index contributed by atoms with van der Waals surface area (Å²) in [5.74, 6) is 1.58. The van der Waals surface area contributed by atoms with Crippen molar-refractivity contribution in [2.24, 2.45) is 10.9 Å². The normalized spacial score (nSPS) is 18.1. The van der Waals surface area contributed by atoms with Crippen LogP contribution in [0, 0.1) is 12.8 Å². The molecule has 0 bridgehead atoms. The topological polar surface area (TPSA) is 58.1 Å². The zero-order chi connectivity index (χ0) is 21.3. The standard InChI is InChI=1S/C20H31F3N4O2/c1-15-4-5-17(18(10-15)29-9-8-28-3)12-26-19(24-2)25-11-16-6-7-27(13-16)14-20(21,22)23/h4-5,10,16H,6-9,11-14H2,1-3H3,(H2,24,25,26). The van der Waals surface area contributed by atoms with E-state index in [4.69, 9.17) is 9.47 Å². The molecule has 1 atom stereocenters. The van der Waals surface area contributed by atoms with Gasteiger partial charge in [-0.15, -0.1) is 0 Å². The molecule has 1 unspecified atom stereocenters. The van der Waals surface area contributed by atoms with Crippen LogP contribution in [-0.2, 0) is 11.3 Å². The monoisotopic (exact) mass is 416 g/mol. The second-order valence-electron chi connectivity index (χ2n) is 7.26. The van der Waals surface area contributed by atoms with Crippen LogP contribution in [0.3, 0.4) is 0 Å². The molecule has 0 radical (unpaired) electrons. The number of nitrogens with zero attached hydrogens (tertiary/aromatic N) is 2. The molecule has 1 aliphatic heterocycles. The smallest absolute Gasteiger partial charge is 0.401 e. The Balaban J connectivity index is 1.81. The zero-order valence-electron chi connectivity index (χ0n) is 17.3. The number of likely N-dealkylation sites (tertiary alicyclic amines) is 1. The first-order valence-electron chi connectivity index (χ1n) is 9.75. The summed E-state index contributed by atoms with van der Waals surface area (Å²) >= 11 is 0. The lowest BCUT2D eigenvalue weighted by molar-refractivity contribution is -0.143. The summed E-state index contributed by atoms with van der Waals surface area (Å²) in [6.07, 6.45) is -3.40. The van der Waals surface area contributed by atoms with Crippen molar-refractivity contribution < 1.29 is 22.6 Å². The number of aryl methyl sites for hydroxylation is 1. The van der Waals surface area contributed by atoms with E-state index in [0.29, 0.717) is 45.4 Å². The molecule has 2 N–H and O–H groups in total. The molecule has 0 aliphatic carbocycles. The van der Waals surface area contributed by atoms with E-state index in [0.717, 1.165) is 23.3 Å². The molecule has 0 saturated carbocycles. The molecule has 0 amide bonds. The lowest BCUT2D eigenvalue weighted by Gasteiger charge is -2.19. The highest BCUT2D eigenvalue weighted by molar-refractivity contribution is 5.79. The minimum Gasteiger partial charge on any atom is -0.491 e. The lowest BCUT2D eigenvalue weighted by atomic mass is 10.1. The van der Waals surface area contributed by atoms with Gasteiger partial charge < -0.3 is 20.1 Å². The predicted molar refractivity (Wildman–Crippen MR) is 107 cm³/mol. The Morgan fingerprint density at radius 3 is 2.76 bits per heavy atom. The first kappa shape index (κ1) is 23.3. The summed E-state index contributed by atoms with van der Waals surface area (Å²) < 4.78 is 48.4. The molecule has 9 heteroatoms. The summed E-state index contributed by atoms with van der Waals surface area (Å²) in [4.78, 5) is 5.66. The molecule has 0 aromatic heterocycles. The van der Waals surface area contributed by atoms with Crippen molar-refractivity contribution in [3.8, 4) is 5.75 Å². The quantitative estimate of drug-likeness (QED) is 0.368. The molecule has 1 saturated heterocycles. The van der Waals surface area contributed by atoms with Gasteiger partial charge in [-0.25, -0.2) is 0 Å². The van der Waals surface area contributed by atoms with Gasteiger partial charge in [-0.1, -0.05) is 12.1 Å². The number of hydrogen-bond acceptors (Lipinski definition) is 4. The van der Waals surface area contributed by atoms with Crippen LogP contribution in [0.1, 0.15) is 17.5 Å². The van der Waals surface area contributed by atoms with E-state index in [-0.39, 0.29) is 5.92 Å². The van der Waals surface area contributed by atoms with Crippen LogP contribution in [0.5, 0.6) is 5.75 Å². The molecule has 29 heavy (non-hydrogen) atoms. The number of methoxy groups -OCH3 is 1. The maximum atomic E-state index is 12.5. The predicted octanol–water partition coefficient (Wildman–Crippen LogP) is 2.57.